The van der Waals surface area contributed by atoms with E-state index in [2.05, 4.69) is 38.2 Å². The Labute approximate surface area is 117 Å². The molecule has 4 aliphatic rings. The third kappa shape index (κ3) is 1.52. The van der Waals surface area contributed by atoms with Crippen LogP contribution < -0.4 is 0 Å². The lowest BCUT2D eigenvalue weighted by Crippen LogP contribution is -2.26. The van der Waals surface area contributed by atoms with E-state index in [4.69, 9.17) is 0 Å². The molecular formula is C19H24. The lowest BCUT2D eigenvalue weighted by Gasteiger charge is -2.34. The normalized spacial score (nSPS) is 35.3. The number of hydrogen-bond acceptors (Lipinski definition) is 0. The highest BCUT2D eigenvalue weighted by molar-refractivity contribution is 5.56. The second-order valence-corrected chi connectivity index (χ2v) is 7.23. The summed E-state index contributed by atoms with van der Waals surface area (Å²) < 4.78 is 0. The van der Waals surface area contributed by atoms with E-state index in [0.29, 0.717) is 5.41 Å². The highest BCUT2D eigenvalue weighted by atomic mass is 14.5. The Morgan fingerprint density at radius 2 is 1.84 bits per heavy atom. The van der Waals surface area contributed by atoms with Crippen molar-refractivity contribution in [1.29, 1.82) is 0 Å². The van der Waals surface area contributed by atoms with Crippen molar-refractivity contribution < 1.29 is 0 Å². The maximum Gasteiger partial charge on any atom is -0.00822 e. The van der Waals surface area contributed by atoms with Crippen molar-refractivity contribution in [2.24, 2.45) is 17.3 Å². The van der Waals surface area contributed by atoms with Crippen molar-refractivity contribution in [2.45, 2.75) is 52.4 Å². The molecule has 0 amide bonds. The van der Waals surface area contributed by atoms with E-state index < -0.39 is 0 Å². The van der Waals surface area contributed by atoms with Crippen molar-refractivity contribution in [3.8, 4) is 0 Å². The Morgan fingerprint density at radius 1 is 1.00 bits per heavy atom. The van der Waals surface area contributed by atoms with E-state index in [1.165, 1.54) is 38.5 Å². The molecule has 100 valence electrons. The van der Waals surface area contributed by atoms with Gasteiger partial charge in [-0.05, 0) is 66.9 Å². The summed E-state index contributed by atoms with van der Waals surface area (Å²) in [6.45, 7) is 5.01. The molecular weight excluding hydrogens is 228 g/mol. The molecule has 0 heteroatoms. The molecule has 19 heavy (non-hydrogen) atoms. The SMILES string of the molecule is CC1(C)C2=C(C3=C(CCC=C3)CC2)C2CC=CC[C@H]21. The van der Waals surface area contributed by atoms with Crippen LogP contribution in [-0.2, 0) is 0 Å². The summed E-state index contributed by atoms with van der Waals surface area (Å²) in [6, 6.07) is 0. The van der Waals surface area contributed by atoms with Crippen LogP contribution in [0.1, 0.15) is 52.4 Å². The minimum absolute atomic E-state index is 0.425. The Kier molecular flexibility index (Phi) is 2.46. The van der Waals surface area contributed by atoms with Gasteiger partial charge in [-0.15, -0.1) is 0 Å². The van der Waals surface area contributed by atoms with Crippen LogP contribution in [0, 0.1) is 17.3 Å². The first-order valence-corrected chi connectivity index (χ1v) is 7.97. The van der Waals surface area contributed by atoms with Crippen molar-refractivity contribution in [3.63, 3.8) is 0 Å². The van der Waals surface area contributed by atoms with E-state index in [1.807, 2.05) is 0 Å². The van der Waals surface area contributed by atoms with Gasteiger partial charge in [0.15, 0.2) is 0 Å². The molecule has 0 aromatic rings. The van der Waals surface area contributed by atoms with Crippen LogP contribution in [0.25, 0.3) is 0 Å². The summed E-state index contributed by atoms with van der Waals surface area (Å²) in [5, 5.41) is 0. The van der Waals surface area contributed by atoms with Crippen LogP contribution in [0.15, 0.2) is 46.6 Å². The minimum atomic E-state index is 0.425. The minimum Gasteiger partial charge on any atom is -0.0882 e. The van der Waals surface area contributed by atoms with Crippen LogP contribution in [-0.4, -0.2) is 0 Å². The number of hydrogen-bond donors (Lipinski definition) is 0. The van der Waals surface area contributed by atoms with Crippen LogP contribution in [0.4, 0.5) is 0 Å². The molecule has 1 unspecified atom stereocenters. The first kappa shape index (κ1) is 11.8. The highest BCUT2D eigenvalue weighted by Crippen LogP contribution is 2.60. The van der Waals surface area contributed by atoms with Crippen molar-refractivity contribution >= 4 is 0 Å². The van der Waals surface area contributed by atoms with Gasteiger partial charge in [-0.2, -0.15) is 0 Å². The van der Waals surface area contributed by atoms with E-state index in [-0.39, 0.29) is 0 Å². The predicted molar refractivity (Wildman–Crippen MR) is 80.8 cm³/mol. The van der Waals surface area contributed by atoms with E-state index in [9.17, 15) is 0 Å². The van der Waals surface area contributed by atoms with Gasteiger partial charge in [0.2, 0.25) is 0 Å². The van der Waals surface area contributed by atoms with Gasteiger partial charge in [0.05, 0.1) is 0 Å². The molecule has 0 aromatic carbocycles. The van der Waals surface area contributed by atoms with E-state index in [0.717, 1.165) is 11.8 Å². The predicted octanol–water partition coefficient (Wildman–Crippen LogP) is 5.35. The zero-order valence-corrected chi connectivity index (χ0v) is 12.2. The van der Waals surface area contributed by atoms with Gasteiger partial charge in [-0.1, -0.05) is 49.3 Å². The average Bonchev–Trinajstić information content (AvgIpc) is 2.68. The molecule has 0 radical (unpaired) electrons. The Bertz CT molecular complexity index is 536. The van der Waals surface area contributed by atoms with Gasteiger partial charge in [0.25, 0.3) is 0 Å². The molecule has 0 N–H and O–H groups in total. The molecule has 4 rings (SSSR count). The Balaban J connectivity index is 1.87. The van der Waals surface area contributed by atoms with Gasteiger partial charge in [-0.3, -0.25) is 0 Å². The standard InChI is InChI=1S/C19H24/c1-19(2)16-10-6-5-9-15(16)18-14-8-4-3-7-13(14)11-12-17(18)19/h4-6,8,15-16H,3,7,9-12H2,1-2H3/t15?,16-/m1/s1. The fourth-order valence-electron chi connectivity index (χ4n) is 5.07. The lowest BCUT2D eigenvalue weighted by atomic mass is 9.70. The molecule has 0 bridgehead atoms. The van der Waals surface area contributed by atoms with Crippen LogP contribution in [0.2, 0.25) is 0 Å². The smallest absolute Gasteiger partial charge is 0.00822 e. The van der Waals surface area contributed by atoms with Gasteiger partial charge in [-0.25, -0.2) is 0 Å². The summed E-state index contributed by atoms with van der Waals surface area (Å²) in [5.74, 6) is 1.66. The Morgan fingerprint density at radius 3 is 2.74 bits per heavy atom. The van der Waals surface area contributed by atoms with Crippen molar-refractivity contribution in [3.05, 3.63) is 46.6 Å². The molecule has 0 saturated carbocycles. The first-order chi connectivity index (χ1) is 9.19. The molecule has 0 aromatic heterocycles. The van der Waals surface area contributed by atoms with Gasteiger partial charge in [0.1, 0.15) is 0 Å². The topological polar surface area (TPSA) is 0 Å². The molecule has 0 spiro atoms. The van der Waals surface area contributed by atoms with Crippen molar-refractivity contribution in [2.75, 3.05) is 0 Å². The summed E-state index contributed by atoms with van der Waals surface area (Å²) >= 11 is 0. The molecule has 0 saturated heterocycles. The summed E-state index contributed by atoms with van der Waals surface area (Å²) in [7, 11) is 0. The number of rotatable bonds is 0. The zero-order chi connectivity index (χ0) is 13.0. The van der Waals surface area contributed by atoms with Gasteiger partial charge in [0, 0.05) is 0 Å². The average molecular weight is 252 g/mol. The Hall–Kier alpha value is -1.04. The largest absolute Gasteiger partial charge is 0.0882 e. The van der Waals surface area contributed by atoms with Gasteiger partial charge < -0.3 is 0 Å². The van der Waals surface area contributed by atoms with E-state index >= 15 is 0 Å². The quantitative estimate of drug-likeness (QED) is 0.510. The number of allylic oxidation sites excluding steroid dienone is 8. The maximum absolute atomic E-state index is 2.50. The number of fused-ring (bicyclic) bond motifs is 3. The summed E-state index contributed by atoms with van der Waals surface area (Å²) in [4.78, 5) is 0. The zero-order valence-electron chi connectivity index (χ0n) is 12.2. The third-order valence-corrected chi connectivity index (χ3v) is 6.08. The third-order valence-electron chi connectivity index (χ3n) is 6.08. The fourth-order valence-corrected chi connectivity index (χ4v) is 5.07. The van der Waals surface area contributed by atoms with Crippen LogP contribution >= 0.6 is 0 Å². The summed E-state index contributed by atoms with van der Waals surface area (Å²) in [6.07, 6.45) is 17.5. The fraction of sp³-hybridized carbons (Fsp3) is 0.579. The van der Waals surface area contributed by atoms with E-state index in [1.54, 1.807) is 22.3 Å². The highest BCUT2D eigenvalue weighted by Gasteiger charge is 2.49. The van der Waals surface area contributed by atoms with Crippen LogP contribution in [0.3, 0.4) is 0 Å². The second-order valence-electron chi connectivity index (χ2n) is 7.23. The molecule has 0 aliphatic heterocycles. The lowest BCUT2D eigenvalue weighted by molar-refractivity contribution is 0.226. The second kappa shape index (κ2) is 3.98. The molecule has 4 aliphatic carbocycles. The molecule has 2 atom stereocenters. The monoisotopic (exact) mass is 252 g/mol. The van der Waals surface area contributed by atoms with Crippen molar-refractivity contribution in [1.82, 2.24) is 0 Å². The molecule has 0 heterocycles. The summed E-state index contributed by atoms with van der Waals surface area (Å²) in [5.41, 5.74) is 7.41. The van der Waals surface area contributed by atoms with Gasteiger partial charge >= 0.3 is 0 Å². The maximum atomic E-state index is 2.50. The molecule has 0 nitrogen and oxygen atoms in total. The first-order valence-electron chi connectivity index (χ1n) is 7.97. The van der Waals surface area contributed by atoms with Crippen LogP contribution in [0.5, 0.6) is 0 Å². The molecule has 0 fully saturated rings.